The zero-order valence-corrected chi connectivity index (χ0v) is 11.9. The minimum atomic E-state index is -0.347. The van der Waals surface area contributed by atoms with Crippen LogP contribution in [0, 0.1) is 24.0 Å². The van der Waals surface area contributed by atoms with Crippen LogP contribution in [0.25, 0.3) is 0 Å². The Labute approximate surface area is 118 Å². The van der Waals surface area contributed by atoms with Gasteiger partial charge in [0.2, 0.25) is 0 Å². The maximum Gasteiger partial charge on any atom is 0.292 e. The first kappa shape index (κ1) is 14.1. The van der Waals surface area contributed by atoms with Crippen molar-refractivity contribution >= 4 is 11.4 Å². The quantitative estimate of drug-likeness (QED) is 0.662. The summed E-state index contributed by atoms with van der Waals surface area (Å²) in [6.45, 7) is 5.93. The molecule has 0 aliphatic heterocycles. The van der Waals surface area contributed by atoms with E-state index in [0.717, 1.165) is 11.1 Å². The molecular formula is C16H18N2O2. The van der Waals surface area contributed by atoms with Crippen LogP contribution in [0.15, 0.2) is 42.5 Å². The summed E-state index contributed by atoms with van der Waals surface area (Å²) >= 11 is 0. The standard InChI is InChI=1S/C16H18N2O2/c1-11-7-4-5-9-14(11)13(3)17-16-12(2)8-6-10-15(16)18(19)20/h4-10,13,17H,1-3H3. The lowest BCUT2D eigenvalue weighted by atomic mass is 10.0. The highest BCUT2D eigenvalue weighted by Crippen LogP contribution is 2.31. The van der Waals surface area contributed by atoms with Crippen molar-refractivity contribution in [2.75, 3.05) is 5.32 Å². The Morgan fingerprint density at radius 2 is 1.70 bits per heavy atom. The number of anilines is 1. The molecule has 4 heteroatoms. The normalized spacial score (nSPS) is 11.9. The molecule has 0 aliphatic carbocycles. The lowest BCUT2D eigenvalue weighted by molar-refractivity contribution is -0.384. The second kappa shape index (κ2) is 5.74. The second-order valence-electron chi connectivity index (χ2n) is 4.95. The van der Waals surface area contributed by atoms with E-state index in [2.05, 4.69) is 5.32 Å². The Balaban J connectivity index is 2.35. The van der Waals surface area contributed by atoms with E-state index in [1.165, 1.54) is 11.6 Å². The number of aryl methyl sites for hydroxylation is 2. The van der Waals surface area contributed by atoms with Crippen LogP contribution in [0.4, 0.5) is 11.4 Å². The van der Waals surface area contributed by atoms with Crippen molar-refractivity contribution < 1.29 is 4.92 Å². The van der Waals surface area contributed by atoms with E-state index in [1.54, 1.807) is 6.07 Å². The molecular weight excluding hydrogens is 252 g/mol. The molecule has 0 heterocycles. The average molecular weight is 270 g/mol. The third-order valence-corrected chi connectivity index (χ3v) is 3.46. The predicted molar refractivity (Wildman–Crippen MR) is 81.1 cm³/mol. The average Bonchev–Trinajstić information content (AvgIpc) is 2.41. The van der Waals surface area contributed by atoms with Gasteiger partial charge in [0.05, 0.1) is 4.92 Å². The summed E-state index contributed by atoms with van der Waals surface area (Å²) in [7, 11) is 0. The van der Waals surface area contributed by atoms with Crippen LogP contribution in [0.5, 0.6) is 0 Å². The lowest BCUT2D eigenvalue weighted by Crippen LogP contribution is -2.10. The van der Waals surface area contributed by atoms with E-state index in [-0.39, 0.29) is 16.7 Å². The van der Waals surface area contributed by atoms with Crippen molar-refractivity contribution in [2.24, 2.45) is 0 Å². The molecule has 1 N–H and O–H groups in total. The number of nitrogens with zero attached hydrogens (tertiary/aromatic N) is 1. The summed E-state index contributed by atoms with van der Waals surface area (Å²) in [5.41, 5.74) is 3.90. The molecule has 0 spiro atoms. The Bertz CT molecular complexity index is 638. The molecule has 0 aliphatic rings. The van der Waals surface area contributed by atoms with Gasteiger partial charge in [0.15, 0.2) is 0 Å². The van der Waals surface area contributed by atoms with Crippen molar-refractivity contribution in [1.82, 2.24) is 0 Å². The molecule has 2 aromatic rings. The Hall–Kier alpha value is -2.36. The summed E-state index contributed by atoms with van der Waals surface area (Å²) < 4.78 is 0. The first-order valence-electron chi connectivity index (χ1n) is 6.56. The van der Waals surface area contributed by atoms with Crippen LogP contribution in [0.2, 0.25) is 0 Å². The molecule has 0 amide bonds. The van der Waals surface area contributed by atoms with Gasteiger partial charge in [-0.15, -0.1) is 0 Å². The summed E-state index contributed by atoms with van der Waals surface area (Å²) in [5, 5.41) is 14.4. The van der Waals surface area contributed by atoms with E-state index < -0.39 is 0 Å². The molecule has 20 heavy (non-hydrogen) atoms. The molecule has 0 bridgehead atoms. The fourth-order valence-corrected chi connectivity index (χ4v) is 2.36. The molecule has 0 saturated carbocycles. The highest BCUT2D eigenvalue weighted by atomic mass is 16.6. The van der Waals surface area contributed by atoms with Crippen molar-refractivity contribution in [3.63, 3.8) is 0 Å². The number of rotatable bonds is 4. The number of benzene rings is 2. The molecule has 2 rings (SSSR count). The van der Waals surface area contributed by atoms with Crippen LogP contribution >= 0.6 is 0 Å². The number of nitro groups is 1. The van der Waals surface area contributed by atoms with Crippen LogP contribution in [0.3, 0.4) is 0 Å². The maximum atomic E-state index is 11.1. The molecule has 2 aromatic carbocycles. The summed E-state index contributed by atoms with van der Waals surface area (Å²) in [5.74, 6) is 0. The number of nitrogens with one attached hydrogen (secondary N) is 1. The van der Waals surface area contributed by atoms with Gasteiger partial charge in [-0.3, -0.25) is 10.1 Å². The molecule has 104 valence electrons. The minimum absolute atomic E-state index is 0.0102. The third-order valence-electron chi connectivity index (χ3n) is 3.46. The number of hydrogen-bond donors (Lipinski definition) is 1. The molecule has 0 saturated heterocycles. The second-order valence-corrected chi connectivity index (χ2v) is 4.95. The van der Waals surface area contributed by atoms with Gasteiger partial charge in [0.1, 0.15) is 5.69 Å². The van der Waals surface area contributed by atoms with Crippen molar-refractivity contribution in [2.45, 2.75) is 26.8 Å². The predicted octanol–water partition coefficient (Wildman–Crippen LogP) is 4.38. The molecule has 0 fully saturated rings. The van der Waals surface area contributed by atoms with Crippen LogP contribution in [-0.2, 0) is 0 Å². The monoisotopic (exact) mass is 270 g/mol. The van der Waals surface area contributed by atoms with Crippen molar-refractivity contribution in [3.8, 4) is 0 Å². The fraction of sp³-hybridized carbons (Fsp3) is 0.250. The lowest BCUT2D eigenvalue weighted by Gasteiger charge is -2.19. The Kier molecular flexibility index (Phi) is 4.03. The topological polar surface area (TPSA) is 55.2 Å². The number of hydrogen-bond acceptors (Lipinski definition) is 3. The molecule has 4 nitrogen and oxygen atoms in total. The van der Waals surface area contributed by atoms with Gasteiger partial charge in [0, 0.05) is 12.1 Å². The van der Waals surface area contributed by atoms with Gasteiger partial charge in [-0.25, -0.2) is 0 Å². The maximum absolute atomic E-state index is 11.1. The van der Waals surface area contributed by atoms with E-state index in [4.69, 9.17) is 0 Å². The number of nitro benzene ring substituents is 1. The molecule has 1 unspecified atom stereocenters. The molecule has 1 atom stereocenters. The van der Waals surface area contributed by atoms with Crippen molar-refractivity contribution in [3.05, 3.63) is 69.3 Å². The van der Waals surface area contributed by atoms with Gasteiger partial charge in [-0.1, -0.05) is 36.4 Å². The van der Waals surface area contributed by atoms with E-state index >= 15 is 0 Å². The highest BCUT2D eigenvalue weighted by molar-refractivity contribution is 5.66. The number of para-hydroxylation sites is 1. The first-order valence-corrected chi connectivity index (χ1v) is 6.56. The first-order chi connectivity index (χ1) is 9.50. The Morgan fingerprint density at radius 1 is 1.05 bits per heavy atom. The van der Waals surface area contributed by atoms with Crippen LogP contribution < -0.4 is 5.32 Å². The third kappa shape index (κ3) is 2.79. The van der Waals surface area contributed by atoms with Gasteiger partial charge < -0.3 is 5.32 Å². The highest BCUT2D eigenvalue weighted by Gasteiger charge is 2.18. The summed E-state index contributed by atoms with van der Waals surface area (Å²) in [4.78, 5) is 10.8. The zero-order valence-electron chi connectivity index (χ0n) is 11.9. The van der Waals surface area contributed by atoms with E-state index in [1.807, 2.05) is 51.1 Å². The van der Waals surface area contributed by atoms with Gasteiger partial charge >= 0.3 is 0 Å². The molecule has 0 aromatic heterocycles. The van der Waals surface area contributed by atoms with Gasteiger partial charge in [0.25, 0.3) is 5.69 Å². The van der Waals surface area contributed by atoms with E-state index in [0.29, 0.717) is 5.69 Å². The Morgan fingerprint density at radius 3 is 2.35 bits per heavy atom. The van der Waals surface area contributed by atoms with Crippen molar-refractivity contribution in [1.29, 1.82) is 0 Å². The fourth-order valence-electron chi connectivity index (χ4n) is 2.36. The smallest absolute Gasteiger partial charge is 0.292 e. The minimum Gasteiger partial charge on any atom is -0.373 e. The van der Waals surface area contributed by atoms with Gasteiger partial charge in [-0.05, 0) is 37.5 Å². The summed E-state index contributed by atoms with van der Waals surface area (Å²) in [6, 6.07) is 13.2. The largest absolute Gasteiger partial charge is 0.373 e. The SMILES string of the molecule is Cc1ccccc1C(C)Nc1c(C)cccc1[N+](=O)[O-]. The molecule has 0 radical (unpaired) electrons. The van der Waals surface area contributed by atoms with Crippen LogP contribution in [0.1, 0.15) is 29.7 Å². The van der Waals surface area contributed by atoms with Gasteiger partial charge in [-0.2, -0.15) is 0 Å². The summed E-state index contributed by atoms with van der Waals surface area (Å²) in [6.07, 6.45) is 0. The zero-order chi connectivity index (χ0) is 14.7. The van der Waals surface area contributed by atoms with Crippen LogP contribution in [-0.4, -0.2) is 4.92 Å². The van der Waals surface area contributed by atoms with E-state index in [9.17, 15) is 10.1 Å².